The number of halogens is 1. The SMILES string of the molecule is COCCNC(=O)COC(=O)c1cc(S(=O)(=O)N2CCCCC2)ccc1Cl. The van der Waals surface area contributed by atoms with E-state index >= 15 is 0 Å². The van der Waals surface area contributed by atoms with Crippen molar-refractivity contribution in [2.24, 2.45) is 0 Å². The number of ether oxygens (including phenoxy) is 2. The van der Waals surface area contributed by atoms with Gasteiger partial charge in [-0.05, 0) is 31.0 Å². The van der Waals surface area contributed by atoms with Crippen LogP contribution in [0.2, 0.25) is 5.02 Å². The predicted octanol–water partition coefficient (Wildman–Crippen LogP) is 1.43. The quantitative estimate of drug-likeness (QED) is 0.506. The van der Waals surface area contributed by atoms with Gasteiger partial charge in [-0.3, -0.25) is 4.79 Å². The summed E-state index contributed by atoms with van der Waals surface area (Å²) < 4.78 is 36.6. The molecule has 0 spiro atoms. The summed E-state index contributed by atoms with van der Waals surface area (Å²) in [6.45, 7) is 1.03. The summed E-state index contributed by atoms with van der Waals surface area (Å²) in [5.74, 6) is -1.36. The molecule has 0 unspecified atom stereocenters. The van der Waals surface area contributed by atoms with Gasteiger partial charge < -0.3 is 14.8 Å². The zero-order valence-corrected chi connectivity index (χ0v) is 16.6. The van der Waals surface area contributed by atoms with Crippen LogP contribution in [-0.4, -0.2) is 64.6 Å². The zero-order valence-electron chi connectivity index (χ0n) is 15.1. The molecule has 0 saturated carbocycles. The van der Waals surface area contributed by atoms with E-state index in [0.717, 1.165) is 19.3 Å². The lowest BCUT2D eigenvalue weighted by Crippen LogP contribution is -2.35. The molecule has 0 radical (unpaired) electrons. The molecular weight excluding hydrogens is 396 g/mol. The van der Waals surface area contributed by atoms with Crippen molar-refractivity contribution >= 4 is 33.5 Å². The monoisotopic (exact) mass is 418 g/mol. The summed E-state index contributed by atoms with van der Waals surface area (Å²) in [5.41, 5.74) is -0.0977. The average molecular weight is 419 g/mol. The predicted molar refractivity (Wildman–Crippen MR) is 99.2 cm³/mol. The molecule has 1 N–H and O–H groups in total. The van der Waals surface area contributed by atoms with E-state index in [9.17, 15) is 18.0 Å². The molecule has 0 atom stereocenters. The van der Waals surface area contributed by atoms with Crippen molar-refractivity contribution < 1.29 is 27.5 Å². The third-order valence-electron chi connectivity index (χ3n) is 4.07. The number of carbonyl (C=O) groups excluding carboxylic acids is 2. The Kier molecular flexibility index (Phi) is 8.03. The minimum Gasteiger partial charge on any atom is -0.452 e. The molecule has 0 aliphatic carbocycles. The van der Waals surface area contributed by atoms with Gasteiger partial charge in [-0.15, -0.1) is 0 Å². The van der Waals surface area contributed by atoms with Crippen LogP contribution in [0, 0.1) is 0 Å². The van der Waals surface area contributed by atoms with Gasteiger partial charge >= 0.3 is 5.97 Å². The maximum Gasteiger partial charge on any atom is 0.340 e. The minimum absolute atomic E-state index is 0.0229. The maximum absolute atomic E-state index is 12.7. The minimum atomic E-state index is -3.71. The molecule has 27 heavy (non-hydrogen) atoms. The molecule has 1 aromatic carbocycles. The number of sulfonamides is 1. The first-order valence-electron chi connectivity index (χ1n) is 8.58. The van der Waals surface area contributed by atoms with Gasteiger partial charge in [0.25, 0.3) is 5.91 Å². The number of hydrogen-bond acceptors (Lipinski definition) is 6. The Morgan fingerprint density at radius 3 is 2.59 bits per heavy atom. The highest BCUT2D eigenvalue weighted by Crippen LogP contribution is 2.25. The zero-order chi connectivity index (χ0) is 19.9. The van der Waals surface area contributed by atoms with Crippen LogP contribution in [0.15, 0.2) is 23.1 Å². The fourth-order valence-corrected chi connectivity index (χ4v) is 4.37. The van der Waals surface area contributed by atoms with E-state index in [1.807, 2.05) is 0 Å². The van der Waals surface area contributed by atoms with Gasteiger partial charge in [0.2, 0.25) is 10.0 Å². The number of hydrogen-bond donors (Lipinski definition) is 1. The van der Waals surface area contributed by atoms with Crippen LogP contribution in [0.1, 0.15) is 29.6 Å². The lowest BCUT2D eigenvalue weighted by atomic mass is 10.2. The normalized spacial score (nSPS) is 15.3. The van der Waals surface area contributed by atoms with Gasteiger partial charge in [0, 0.05) is 26.7 Å². The van der Waals surface area contributed by atoms with Crippen molar-refractivity contribution in [3.05, 3.63) is 28.8 Å². The summed E-state index contributed by atoms with van der Waals surface area (Å²) >= 11 is 6.02. The second-order valence-corrected chi connectivity index (χ2v) is 8.37. The third kappa shape index (κ3) is 5.90. The molecule has 1 aliphatic rings. The number of esters is 1. The molecule has 1 amide bonds. The van der Waals surface area contributed by atoms with E-state index in [1.54, 1.807) is 0 Å². The fourth-order valence-electron chi connectivity index (χ4n) is 2.63. The van der Waals surface area contributed by atoms with Gasteiger partial charge in [0.15, 0.2) is 6.61 Å². The van der Waals surface area contributed by atoms with Gasteiger partial charge in [0.05, 0.1) is 22.1 Å². The average Bonchev–Trinajstić information content (AvgIpc) is 2.67. The maximum atomic E-state index is 12.7. The first-order valence-corrected chi connectivity index (χ1v) is 10.4. The molecule has 1 aliphatic heterocycles. The number of benzene rings is 1. The molecule has 1 aromatic rings. The molecular formula is C17H23ClN2O6S. The molecule has 1 saturated heterocycles. The first-order chi connectivity index (χ1) is 12.9. The van der Waals surface area contributed by atoms with Crippen LogP contribution in [-0.2, 0) is 24.3 Å². The van der Waals surface area contributed by atoms with Crippen LogP contribution >= 0.6 is 11.6 Å². The molecule has 8 nitrogen and oxygen atoms in total. The number of rotatable bonds is 8. The number of piperidine rings is 1. The largest absolute Gasteiger partial charge is 0.452 e. The van der Waals surface area contributed by atoms with Gasteiger partial charge in [-0.2, -0.15) is 4.31 Å². The summed E-state index contributed by atoms with van der Waals surface area (Å²) in [7, 11) is -2.21. The number of amides is 1. The highest BCUT2D eigenvalue weighted by Gasteiger charge is 2.27. The van der Waals surface area contributed by atoms with Crippen molar-refractivity contribution in [3.8, 4) is 0 Å². The van der Waals surface area contributed by atoms with Crippen LogP contribution in [0.4, 0.5) is 0 Å². The number of nitrogens with one attached hydrogen (secondary N) is 1. The molecule has 1 heterocycles. The molecule has 0 aromatic heterocycles. The van der Waals surface area contributed by atoms with Crippen LogP contribution in [0.3, 0.4) is 0 Å². The summed E-state index contributed by atoms with van der Waals surface area (Å²) in [6.07, 6.45) is 2.61. The summed E-state index contributed by atoms with van der Waals surface area (Å²) in [4.78, 5) is 23.8. The highest BCUT2D eigenvalue weighted by molar-refractivity contribution is 7.89. The van der Waals surface area contributed by atoms with Crippen molar-refractivity contribution in [1.82, 2.24) is 9.62 Å². The van der Waals surface area contributed by atoms with Gasteiger partial charge in [-0.25, -0.2) is 13.2 Å². The van der Waals surface area contributed by atoms with Crippen molar-refractivity contribution in [3.63, 3.8) is 0 Å². The summed E-state index contributed by atoms with van der Waals surface area (Å²) in [6, 6.07) is 3.89. The van der Waals surface area contributed by atoms with Gasteiger partial charge in [-0.1, -0.05) is 18.0 Å². The topological polar surface area (TPSA) is 102 Å². The summed E-state index contributed by atoms with van der Waals surface area (Å²) in [5, 5.41) is 2.56. The fraction of sp³-hybridized carbons (Fsp3) is 0.529. The van der Waals surface area contributed by atoms with E-state index < -0.39 is 28.5 Å². The second-order valence-electron chi connectivity index (χ2n) is 6.03. The van der Waals surface area contributed by atoms with E-state index in [2.05, 4.69) is 5.32 Å². The van der Waals surface area contributed by atoms with E-state index in [-0.39, 0.29) is 22.0 Å². The number of nitrogens with zero attached hydrogens (tertiary/aromatic N) is 1. The van der Waals surface area contributed by atoms with Gasteiger partial charge in [0.1, 0.15) is 0 Å². The van der Waals surface area contributed by atoms with Crippen molar-refractivity contribution in [1.29, 1.82) is 0 Å². The Balaban J connectivity index is 2.07. The standard InChI is InChI=1S/C17H23ClN2O6S/c1-25-10-7-19-16(21)12-26-17(22)14-11-13(5-6-15(14)18)27(23,24)20-8-3-2-4-9-20/h5-6,11H,2-4,7-10,12H2,1H3,(H,19,21). The van der Waals surface area contributed by atoms with Crippen LogP contribution in [0.5, 0.6) is 0 Å². The van der Waals surface area contributed by atoms with Crippen molar-refractivity contribution in [2.45, 2.75) is 24.2 Å². The highest BCUT2D eigenvalue weighted by atomic mass is 35.5. The van der Waals surface area contributed by atoms with E-state index in [4.69, 9.17) is 21.1 Å². The molecule has 1 fully saturated rings. The molecule has 0 bridgehead atoms. The second kappa shape index (κ2) is 10.0. The third-order valence-corrected chi connectivity index (χ3v) is 6.30. The Labute approximate surface area is 163 Å². The molecule has 150 valence electrons. The van der Waals surface area contributed by atoms with Crippen molar-refractivity contribution in [2.75, 3.05) is 40.0 Å². The Bertz CT molecular complexity index is 778. The lowest BCUT2D eigenvalue weighted by Gasteiger charge is -2.26. The Hall–Kier alpha value is -1.68. The smallest absolute Gasteiger partial charge is 0.340 e. The van der Waals surface area contributed by atoms with E-state index in [1.165, 1.54) is 29.6 Å². The molecule has 10 heteroatoms. The number of carbonyl (C=O) groups is 2. The Morgan fingerprint density at radius 1 is 1.22 bits per heavy atom. The van der Waals surface area contributed by atoms with Crippen LogP contribution < -0.4 is 5.32 Å². The van der Waals surface area contributed by atoms with Crippen LogP contribution in [0.25, 0.3) is 0 Å². The lowest BCUT2D eigenvalue weighted by molar-refractivity contribution is -0.124. The molecule has 2 rings (SSSR count). The number of methoxy groups -OCH3 is 1. The Morgan fingerprint density at radius 2 is 1.93 bits per heavy atom. The van der Waals surface area contributed by atoms with E-state index in [0.29, 0.717) is 19.7 Å². The first kappa shape index (κ1) is 21.6.